The molecule has 0 heterocycles. The molecule has 18 heavy (non-hydrogen) atoms. The first kappa shape index (κ1) is 12.2. The van der Waals surface area contributed by atoms with Crippen molar-refractivity contribution in [2.45, 2.75) is 6.54 Å². The molecule has 2 aromatic carbocycles. The Bertz CT molecular complexity index is 573. The lowest BCUT2D eigenvalue weighted by Crippen LogP contribution is -2.00. The standard InChI is InChI=1S/C13H11F2NO2/c14-10-5-4-9(6-11(10)15)16-7-8-2-1-3-12(17)13(8)18/h1-6,16-18H,7H2. The van der Waals surface area contributed by atoms with Crippen molar-refractivity contribution >= 4 is 5.69 Å². The average Bonchev–Trinajstić information content (AvgIpc) is 2.35. The van der Waals surface area contributed by atoms with Gasteiger partial charge in [0.2, 0.25) is 0 Å². The number of halogens is 2. The summed E-state index contributed by atoms with van der Waals surface area (Å²) >= 11 is 0. The van der Waals surface area contributed by atoms with E-state index in [4.69, 9.17) is 0 Å². The Morgan fingerprint density at radius 2 is 1.78 bits per heavy atom. The van der Waals surface area contributed by atoms with E-state index in [1.165, 1.54) is 12.1 Å². The van der Waals surface area contributed by atoms with E-state index in [2.05, 4.69) is 5.32 Å². The number of phenolic OH excluding ortho intramolecular Hbond substituents is 2. The lowest BCUT2D eigenvalue weighted by atomic mass is 10.2. The fraction of sp³-hybridized carbons (Fsp3) is 0.0769. The monoisotopic (exact) mass is 251 g/mol. The van der Waals surface area contributed by atoms with Crippen LogP contribution in [0.15, 0.2) is 36.4 Å². The first-order chi connectivity index (χ1) is 8.58. The van der Waals surface area contributed by atoms with E-state index in [1.54, 1.807) is 12.1 Å². The smallest absolute Gasteiger partial charge is 0.162 e. The highest BCUT2D eigenvalue weighted by atomic mass is 19.2. The van der Waals surface area contributed by atoms with Gasteiger partial charge in [0.05, 0.1) is 0 Å². The van der Waals surface area contributed by atoms with E-state index in [9.17, 15) is 19.0 Å². The summed E-state index contributed by atoms with van der Waals surface area (Å²) in [5.74, 6) is -2.31. The third-order valence-electron chi connectivity index (χ3n) is 2.50. The van der Waals surface area contributed by atoms with Gasteiger partial charge in [0.25, 0.3) is 0 Å². The van der Waals surface area contributed by atoms with Crippen LogP contribution in [0.4, 0.5) is 14.5 Å². The molecule has 0 aromatic heterocycles. The minimum Gasteiger partial charge on any atom is -0.504 e. The number of para-hydroxylation sites is 1. The maximum absolute atomic E-state index is 12.9. The molecule has 0 unspecified atom stereocenters. The van der Waals surface area contributed by atoms with Gasteiger partial charge in [-0.1, -0.05) is 12.1 Å². The summed E-state index contributed by atoms with van der Waals surface area (Å²) in [6.45, 7) is 0.186. The van der Waals surface area contributed by atoms with Gasteiger partial charge in [-0.05, 0) is 18.2 Å². The second-order valence-electron chi connectivity index (χ2n) is 3.77. The fourth-order valence-electron chi connectivity index (χ4n) is 1.52. The molecule has 0 spiro atoms. The summed E-state index contributed by atoms with van der Waals surface area (Å²) in [6.07, 6.45) is 0. The molecule has 0 atom stereocenters. The van der Waals surface area contributed by atoms with Crippen molar-refractivity contribution < 1.29 is 19.0 Å². The van der Waals surface area contributed by atoms with Crippen LogP contribution in [0.5, 0.6) is 11.5 Å². The zero-order chi connectivity index (χ0) is 13.1. The molecule has 94 valence electrons. The summed E-state index contributed by atoms with van der Waals surface area (Å²) < 4.78 is 25.6. The molecule has 0 amide bonds. The van der Waals surface area contributed by atoms with Gasteiger partial charge in [-0.2, -0.15) is 0 Å². The van der Waals surface area contributed by atoms with Crippen molar-refractivity contribution in [1.82, 2.24) is 0 Å². The minimum atomic E-state index is -0.944. The Kier molecular flexibility index (Phi) is 3.32. The van der Waals surface area contributed by atoms with Crippen LogP contribution in [0.2, 0.25) is 0 Å². The highest BCUT2D eigenvalue weighted by Crippen LogP contribution is 2.28. The van der Waals surface area contributed by atoms with Crippen molar-refractivity contribution in [3.05, 3.63) is 53.6 Å². The fourth-order valence-corrected chi connectivity index (χ4v) is 1.52. The maximum atomic E-state index is 12.9. The molecule has 3 N–H and O–H groups in total. The van der Waals surface area contributed by atoms with Crippen molar-refractivity contribution in [3.63, 3.8) is 0 Å². The number of nitrogens with one attached hydrogen (secondary N) is 1. The van der Waals surface area contributed by atoms with Crippen molar-refractivity contribution in [1.29, 1.82) is 0 Å². The van der Waals surface area contributed by atoms with Gasteiger partial charge in [-0.3, -0.25) is 0 Å². The Morgan fingerprint density at radius 3 is 2.50 bits per heavy atom. The van der Waals surface area contributed by atoms with Gasteiger partial charge in [-0.25, -0.2) is 8.78 Å². The molecule has 0 aliphatic rings. The summed E-state index contributed by atoms with van der Waals surface area (Å²) in [5, 5.41) is 21.7. The zero-order valence-corrected chi connectivity index (χ0v) is 9.32. The molecular formula is C13H11F2NO2. The van der Waals surface area contributed by atoms with E-state index in [-0.39, 0.29) is 18.0 Å². The van der Waals surface area contributed by atoms with Crippen LogP contribution < -0.4 is 5.32 Å². The number of rotatable bonds is 3. The Morgan fingerprint density at radius 1 is 1.00 bits per heavy atom. The summed E-state index contributed by atoms with van der Waals surface area (Å²) in [6, 6.07) is 7.98. The molecular weight excluding hydrogens is 240 g/mol. The second kappa shape index (κ2) is 4.91. The largest absolute Gasteiger partial charge is 0.504 e. The van der Waals surface area contributed by atoms with E-state index >= 15 is 0 Å². The summed E-state index contributed by atoms with van der Waals surface area (Å²) in [4.78, 5) is 0. The molecule has 5 heteroatoms. The van der Waals surface area contributed by atoms with Crippen LogP contribution in [0.1, 0.15) is 5.56 Å². The van der Waals surface area contributed by atoms with Crippen LogP contribution in [0, 0.1) is 11.6 Å². The first-order valence-electron chi connectivity index (χ1n) is 5.26. The molecule has 2 aromatic rings. The van der Waals surface area contributed by atoms with E-state index < -0.39 is 11.6 Å². The van der Waals surface area contributed by atoms with Gasteiger partial charge in [-0.15, -0.1) is 0 Å². The number of hydrogen-bond donors (Lipinski definition) is 3. The minimum absolute atomic E-state index is 0.186. The lowest BCUT2D eigenvalue weighted by molar-refractivity contribution is 0.400. The lowest BCUT2D eigenvalue weighted by Gasteiger charge is -2.09. The van der Waals surface area contributed by atoms with Crippen LogP contribution in [0.25, 0.3) is 0 Å². The average molecular weight is 251 g/mol. The third kappa shape index (κ3) is 2.51. The Labute approximate surface area is 102 Å². The number of aromatic hydroxyl groups is 2. The van der Waals surface area contributed by atoms with Crippen LogP contribution >= 0.6 is 0 Å². The summed E-state index contributed by atoms with van der Waals surface area (Å²) in [5.41, 5.74) is 0.844. The third-order valence-corrected chi connectivity index (χ3v) is 2.50. The Hall–Kier alpha value is -2.30. The predicted octanol–water partition coefficient (Wildman–Crippen LogP) is 2.99. The van der Waals surface area contributed by atoms with Gasteiger partial charge in [0.15, 0.2) is 23.1 Å². The van der Waals surface area contributed by atoms with Crippen molar-refractivity contribution in [3.8, 4) is 11.5 Å². The molecule has 0 aliphatic heterocycles. The van der Waals surface area contributed by atoms with E-state index in [1.807, 2.05) is 0 Å². The molecule has 3 nitrogen and oxygen atoms in total. The van der Waals surface area contributed by atoms with Crippen LogP contribution in [0.3, 0.4) is 0 Å². The number of benzene rings is 2. The second-order valence-corrected chi connectivity index (χ2v) is 3.77. The molecule has 0 radical (unpaired) electrons. The summed E-state index contributed by atoms with van der Waals surface area (Å²) in [7, 11) is 0. The number of hydrogen-bond acceptors (Lipinski definition) is 3. The highest BCUT2D eigenvalue weighted by molar-refractivity contribution is 5.48. The van der Waals surface area contributed by atoms with E-state index in [0.29, 0.717) is 11.3 Å². The molecule has 2 rings (SSSR count). The topological polar surface area (TPSA) is 52.5 Å². The number of anilines is 1. The molecule has 0 aliphatic carbocycles. The quantitative estimate of drug-likeness (QED) is 0.735. The molecule has 0 saturated carbocycles. The highest BCUT2D eigenvalue weighted by Gasteiger charge is 2.06. The predicted molar refractivity (Wildman–Crippen MR) is 63.5 cm³/mol. The van der Waals surface area contributed by atoms with E-state index in [0.717, 1.165) is 12.1 Å². The SMILES string of the molecule is Oc1cccc(CNc2ccc(F)c(F)c2)c1O. The van der Waals surface area contributed by atoms with Crippen LogP contribution in [-0.4, -0.2) is 10.2 Å². The zero-order valence-electron chi connectivity index (χ0n) is 9.32. The van der Waals surface area contributed by atoms with Gasteiger partial charge in [0.1, 0.15) is 0 Å². The van der Waals surface area contributed by atoms with Crippen LogP contribution in [-0.2, 0) is 6.54 Å². The van der Waals surface area contributed by atoms with Gasteiger partial charge >= 0.3 is 0 Å². The molecule has 0 saturated heterocycles. The molecule has 0 bridgehead atoms. The van der Waals surface area contributed by atoms with Crippen molar-refractivity contribution in [2.75, 3.05) is 5.32 Å². The van der Waals surface area contributed by atoms with Gasteiger partial charge < -0.3 is 15.5 Å². The van der Waals surface area contributed by atoms with Crippen molar-refractivity contribution in [2.24, 2.45) is 0 Å². The first-order valence-corrected chi connectivity index (χ1v) is 5.26. The molecule has 0 fully saturated rings. The Balaban J connectivity index is 2.11. The maximum Gasteiger partial charge on any atom is 0.162 e. The number of phenols is 2. The van der Waals surface area contributed by atoms with Gasteiger partial charge in [0, 0.05) is 23.9 Å². The normalized spacial score (nSPS) is 10.3.